The molecule has 0 unspecified atom stereocenters. The van der Waals surface area contributed by atoms with Crippen molar-refractivity contribution in [2.45, 2.75) is 19.9 Å². The van der Waals surface area contributed by atoms with Gasteiger partial charge in [-0.1, -0.05) is 0 Å². The first-order valence-electron chi connectivity index (χ1n) is 3.85. The minimum atomic E-state index is -0.974. The Hall–Kier alpha value is -1.76. The molecule has 1 rings (SSSR count). The van der Waals surface area contributed by atoms with E-state index in [0.717, 1.165) is 0 Å². The summed E-state index contributed by atoms with van der Waals surface area (Å²) in [5.41, 5.74) is 0.188. The topological polar surface area (TPSA) is 55.1 Å². The molecule has 1 aromatic rings. The van der Waals surface area contributed by atoms with Crippen molar-refractivity contribution in [2.75, 3.05) is 0 Å². The molecule has 0 atom stereocenters. The van der Waals surface area contributed by atoms with E-state index >= 15 is 0 Å². The van der Waals surface area contributed by atoms with Gasteiger partial charge < -0.3 is 9.67 Å². The van der Waals surface area contributed by atoms with E-state index < -0.39 is 5.97 Å². The fourth-order valence-electron chi connectivity index (χ4n) is 1.10. The summed E-state index contributed by atoms with van der Waals surface area (Å²) in [5.74, 6) is 2.16. The maximum Gasteiger partial charge on any atom is 0.354 e. The first kappa shape index (κ1) is 9.33. The van der Waals surface area contributed by atoms with Crippen molar-refractivity contribution in [1.82, 2.24) is 9.55 Å². The molecule has 4 nitrogen and oxygen atoms in total. The second kappa shape index (κ2) is 3.76. The lowest BCUT2D eigenvalue weighted by atomic mass is 10.4. The van der Waals surface area contributed by atoms with E-state index in [9.17, 15) is 4.79 Å². The Bertz CT molecular complexity index is 360. The third kappa shape index (κ3) is 1.88. The monoisotopic (exact) mass is 178 g/mol. The molecule has 0 aliphatic heterocycles. The predicted octanol–water partition coefficient (Wildman–Crippen LogP) is 0.913. The molecule has 0 bridgehead atoms. The van der Waals surface area contributed by atoms with E-state index in [0.29, 0.717) is 18.8 Å². The van der Waals surface area contributed by atoms with Crippen molar-refractivity contribution in [1.29, 1.82) is 0 Å². The summed E-state index contributed by atoms with van der Waals surface area (Å²) in [7, 11) is 0. The maximum atomic E-state index is 10.7. The molecule has 13 heavy (non-hydrogen) atoms. The van der Waals surface area contributed by atoms with Gasteiger partial charge in [-0.05, 0) is 6.92 Å². The van der Waals surface area contributed by atoms with E-state index in [1.54, 1.807) is 11.5 Å². The molecule has 1 heterocycles. The van der Waals surface area contributed by atoms with Gasteiger partial charge in [0, 0.05) is 13.0 Å². The third-order valence-corrected chi connectivity index (χ3v) is 1.75. The number of carbonyl (C=O) groups is 1. The number of terminal acetylenes is 1. The molecule has 0 fully saturated rings. The van der Waals surface area contributed by atoms with Crippen LogP contribution >= 0.6 is 0 Å². The Morgan fingerprint density at radius 1 is 1.85 bits per heavy atom. The molecule has 0 aromatic carbocycles. The highest BCUT2D eigenvalue weighted by Crippen LogP contribution is 2.05. The van der Waals surface area contributed by atoms with Gasteiger partial charge in [0.25, 0.3) is 0 Å². The highest BCUT2D eigenvalue weighted by molar-refractivity contribution is 5.85. The number of hydrogen-bond acceptors (Lipinski definition) is 2. The average Bonchev–Trinajstić information content (AvgIpc) is 2.43. The molecule has 4 heteroatoms. The van der Waals surface area contributed by atoms with Gasteiger partial charge in [-0.2, -0.15) is 0 Å². The number of carboxylic acids is 1. The number of hydrogen-bond donors (Lipinski definition) is 1. The zero-order valence-corrected chi connectivity index (χ0v) is 7.32. The van der Waals surface area contributed by atoms with Crippen molar-refractivity contribution < 1.29 is 9.90 Å². The second-order valence-electron chi connectivity index (χ2n) is 2.60. The fourth-order valence-corrected chi connectivity index (χ4v) is 1.10. The molecule has 0 aliphatic carbocycles. The van der Waals surface area contributed by atoms with E-state index in [-0.39, 0.29) is 5.69 Å². The highest BCUT2D eigenvalue weighted by atomic mass is 16.4. The fraction of sp³-hybridized carbons (Fsp3) is 0.333. The number of carboxylic acid groups (broad SMARTS) is 1. The van der Waals surface area contributed by atoms with Crippen LogP contribution in [0.2, 0.25) is 0 Å². The van der Waals surface area contributed by atoms with E-state index in [4.69, 9.17) is 11.5 Å². The summed E-state index contributed by atoms with van der Waals surface area (Å²) in [6, 6.07) is 0. The van der Waals surface area contributed by atoms with Gasteiger partial charge >= 0.3 is 5.97 Å². The van der Waals surface area contributed by atoms with Crippen LogP contribution in [0.1, 0.15) is 22.7 Å². The van der Waals surface area contributed by atoms with Crippen LogP contribution in [0, 0.1) is 19.3 Å². The van der Waals surface area contributed by atoms with Crippen LogP contribution in [-0.2, 0) is 6.54 Å². The molecule has 0 saturated heterocycles. The Labute approximate surface area is 76.2 Å². The molecule has 0 radical (unpaired) electrons. The largest absolute Gasteiger partial charge is 0.477 e. The average molecular weight is 178 g/mol. The van der Waals surface area contributed by atoms with E-state index in [2.05, 4.69) is 10.9 Å². The van der Waals surface area contributed by atoms with Crippen molar-refractivity contribution in [3.63, 3.8) is 0 Å². The number of aromatic nitrogens is 2. The Balaban J connectivity index is 2.96. The molecule has 0 spiro atoms. The SMILES string of the molecule is C#CCCn1c(C(=O)O)cnc1C. The summed E-state index contributed by atoms with van der Waals surface area (Å²) in [6.45, 7) is 2.26. The lowest BCUT2D eigenvalue weighted by Gasteiger charge is -2.04. The number of rotatable bonds is 3. The van der Waals surface area contributed by atoms with Gasteiger partial charge in [0.15, 0.2) is 0 Å². The Morgan fingerprint density at radius 3 is 3.08 bits per heavy atom. The van der Waals surface area contributed by atoms with Crippen LogP contribution < -0.4 is 0 Å². The third-order valence-electron chi connectivity index (χ3n) is 1.75. The Kier molecular flexibility index (Phi) is 2.70. The molecule has 1 N–H and O–H groups in total. The van der Waals surface area contributed by atoms with Gasteiger partial charge in [0.1, 0.15) is 11.5 Å². The first-order valence-corrected chi connectivity index (χ1v) is 3.85. The lowest BCUT2D eigenvalue weighted by molar-refractivity contribution is 0.0684. The van der Waals surface area contributed by atoms with Crippen LogP contribution in [-0.4, -0.2) is 20.6 Å². The number of aromatic carboxylic acids is 1. The number of imidazole rings is 1. The highest BCUT2D eigenvalue weighted by Gasteiger charge is 2.11. The van der Waals surface area contributed by atoms with Crippen LogP contribution in [0.15, 0.2) is 6.20 Å². The molecular weight excluding hydrogens is 168 g/mol. The minimum Gasteiger partial charge on any atom is -0.477 e. The van der Waals surface area contributed by atoms with Crippen LogP contribution in [0.5, 0.6) is 0 Å². The van der Waals surface area contributed by atoms with Gasteiger partial charge in [0.05, 0.1) is 6.20 Å². The molecule has 0 aliphatic rings. The van der Waals surface area contributed by atoms with Crippen molar-refractivity contribution in [3.8, 4) is 12.3 Å². The summed E-state index contributed by atoms with van der Waals surface area (Å²) in [5, 5.41) is 8.77. The summed E-state index contributed by atoms with van der Waals surface area (Å²) >= 11 is 0. The summed E-state index contributed by atoms with van der Waals surface area (Å²) < 4.78 is 1.60. The van der Waals surface area contributed by atoms with Gasteiger partial charge in [-0.3, -0.25) is 0 Å². The molecule has 1 aromatic heterocycles. The number of nitrogens with zero attached hydrogens (tertiary/aromatic N) is 2. The van der Waals surface area contributed by atoms with Gasteiger partial charge in [0.2, 0.25) is 0 Å². The lowest BCUT2D eigenvalue weighted by Crippen LogP contribution is -2.09. The Morgan fingerprint density at radius 2 is 2.54 bits per heavy atom. The predicted molar refractivity (Wildman–Crippen MR) is 47.4 cm³/mol. The van der Waals surface area contributed by atoms with Gasteiger partial charge in [-0.15, -0.1) is 12.3 Å². The summed E-state index contributed by atoms with van der Waals surface area (Å²) in [4.78, 5) is 14.6. The van der Waals surface area contributed by atoms with E-state index in [1.165, 1.54) is 6.20 Å². The van der Waals surface area contributed by atoms with Crippen LogP contribution in [0.3, 0.4) is 0 Å². The normalized spacial score (nSPS) is 9.54. The molecule has 68 valence electrons. The van der Waals surface area contributed by atoms with Crippen molar-refractivity contribution in [3.05, 3.63) is 17.7 Å². The second-order valence-corrected chi connectivity index (χ2v) is 2.60. The van der Waals surface area contributed by atoms with E-state index in [1.807, 2.05) is 0 Å². The summed E-state index contributed by atoms with van der Waals surface area (Å²) in [6.07, 6.45) is 6.94. The van der Waals surface area contributed by atoms with Crippen molar-refractivity contribution in [2.24, 2.45) is 0 Å². The molecular formula is C9H10N2O2. The zero-order valence-electron chi connectivity index (χ0n) is 7.32. The van der Waals surface area contributed by atoms with Gasteiger partial charge in [-0.25, -0.2) is 9.78 Å². The first-order chi connectivity index (χ1) is 6.16. The minimum absolute atomic E-state index is 0.188. The maximum absolute atomic E-state index is 10.7. The van der Waals surface area contributed by atoms with Crippen LogP contribution in [0.4, 0.5) is 0 Å². The van der Waals surface area contributed by atoms with Crippen molar-refractivity contribution >= 4 is 5.97 Å². The smallest absolute Gasteiger partial charge is 0.354 e. The number of aryl methyl sites for hydroxylation is 1. The molecule has 0 amide bonds. The van der Waals surface area contributed by atoms with Crippen LogP contribution in [0.25, 0.3) is 0 Å². The molecule has 0 saturated carbocycles. The zero-order chi connectivity index (χ0) is 9.84. The quantitative estimate of drug-likeness (QED) is 0.700. The standard InChI is InChI=1S/C9H10N2O2/c1-3-4-5-11-7(2)10-6-8(11)9(12)13/h1,6H,4-5H2,2H3,(H,12,13).